The summed E-state index contributed by atoms with van der Waals surface area (Å²) in [5.41, 5.74) is 1.21. The van der Waals surface area contributed by atoms with Crippen LogP contribution in [0.1, 0.15) is 6.92 Å². The summed E-state index contributed by atoms with van der Waals surface area (Å²) in [5, 5.41) is 3.26. The van der Waals surface area contributed by atoms with Gasteiger partial charge in [0.1, 0.15) is 5.52 Å². The summed E-state index contributed by atoms with van der Waals surface area (Å²) in [4.78, 5) is 6.77. The second kappa shape index (κ2) is 6.21. The molecule has 0 unspecified atom stereocenters. The fraction of sp³-hybridized carbons (Fsp3) is 0.462. The van der Waals surface area contributed by atoms with Crippen LogP contribution in [0.3, 0.4) is 0 Å². The zero-order chi connectivity index (χ0) is 14.2. The summed E-state index contributed by atoms with van der Waals surface area (Å²) in [6.07, 6.45) is 0. The van der Waals surface area contributed by atoms with Gasteiger partial charge in [-0.3, -0.25) is 0 Å². The number of halogens is 1. The molecule has 0 radical (unpaired) electrons. The monoisotopic (exact) mass is 331 g/mol. The summed E-state index contributed by atoms with van der Waals surface area (Å²) in [6, 6.07) is 5.40. The lowest BCUT2D eigenvalue weighted by Crippen LogP contribution is -2.43. The van der Waals surface area contributed by atoms with E-state index in [0.717, 1.165) is 26.2 Å². The summed E-state index contributed by atoms with van der Waals surface area (Å²) in [5.74, 6) is 0.0843. The van der Waals surface area contributed by atoms with Crippen molar-refractivity contribution in [2.45, 2.75) is 11.8 Å². The second-order valence-electron chi connectivity index (χ2n) is 4.77. The van der Waals surface area contributed by atoms with Crippen LogP contribution in [0.15, 0.2) is 27.5 Å². The van der Waals surface area contributed by atoms with Crippen molar-refractivity contribution in [3.63, 3.8) is 0 Å². The van der Waals surface area contributed by atoms with Crippen molar-refractivity contribution in [2.24, 2.45) is 0 Å². The van der Waals surface area contributed by atoms with Crippen LogP contribution in [0.25, 0.3) is 11.1 Å². The van der Waals surface area contributed by atoms with Crippen molar-refractivity contribution in [3.05, 3.63) is 18.2 Å². The first-order valence-electron chi connectivity index (χ1n) is 6.69. The smallest absolute Gasteiger partial charge is 0.298 e. The number of piperazine rings is 1. The fourth-order valence-corrected chi connectivity index (χ4v) is 3.15. The Kier molecular flexibility index (Phi) is 4.75. The Morgan fingerprint density at radius 2 is 2.05 bits per heavy atom. The lowest BCUT2D eigenvalue weighted by molar-refractivity contribution is 0.517. The van der Waals surface area contributed by atoms with Gasteiger partial charge in [0.05, 0.1) is 10.6 Å². The van der Waals surface area contributed by atoms with Crippen molar-refractivity contribution in [3.8, 4) is 0 Å². The van der Waals surface area contributed by atoms with E-state index < -0.39 is 9.84 Å². The summed E-state index contributed by atoms with van der Waals surface area (Å²) in [7, 11) is -3.21. The number of fused-ring (bicyclic) bond motifs is 1. The molecule has 1 aromatic heterocycles. The van der Waals surface area contributed by atoms with Gasteiger partial charge in [0.25, 0.3) is 6.01 Å². The third kappa shape index (κ3) is 3.14. The van der Waals surface area contributed by atoms with Crippen molar-refractivity contribution in [1.29, 1.82) is 0 Å². The minimum atomic E-state index is -3.21. The summed E-state index contributed by atoms with van der Waals surface area (Å²) in [6.45, 7) is 5.11. The third-order valence-corrected chi connectivity index (χ3v) is 5.21. The van der Waals surface area contributed by atoms with Crippen molar-refractivity contribution >= 4 is 39.4 Å². The molecule has 21 heavy (non-hydrogen) atoms. The van der Waals surface area contributed by atoms with Crippen LogP contribution in [0, 0.1) is 0 Å². The van der Waals surface area contributed by atoms with Gasteiger partial charge in [-0.25, -0.2) is 8.42 Å². The Labute approximate surface area is 129 Å². The zero-order valence-electron chi connectivity index (χ0n) is 11.7. The maximum Gasteiger partial charge on any atom is 0.298 e. The zero-order valence-corrected chi connectivity index (χ0v) is 13.3. The highest BCUT2D eigenvalue weighted by molar-refractivity contribution is 7.91. The molecular weight excluding hydrogens is 314 g/mol. The minimum Gasteiger partial charge on any atom is -0.423 e. The molecule has 0 spiro atoms. The molecule has 0 bridgehead atoms. The Morgan fingerprint density at radius 3 is 2.71 bits per heavy atom. The van der Waals surface area contributed by atoms with Crippen LogP contribution in [0.5, 0.6) is 0 Å². The van der Waals surface area contributed by atoms with Crippen LogP contribution >= 0.6 is 12.4 Å². The normalized spacial score (nSPS) is 16.0. The first kappa shape index (κ1) is 16.1. The molecule has 1 N–H and O–H groups in total. The molecule has 0 amide bonds. The molecule has 0 atom stereocenters. The van der Waals surface area contributed by atoms with E-state index in [2.05, 4.69) is 15.2 Å². The number of anilines is 1. The van der Waals surface area contributed by atoms with Crippen LogP contribution in [0.2, 0.25) is 0 Å². The SMILES string of the molecule is CCS(=O)(=O)c1ccc2oc(N3CCNCC3)nc2c1.Cl. The number of hydrogen-bond donors (Lipinski definition) is 1. The van der Waals surface area contributed by atoms with Gasteiger partial charge >= 0.3 is 0 Å². The van der Waals surface area contributed by atoms with Gasteiger partial charge in [-0.05, 0) is 18.2 Å². The molecule has 3 rings (SSSR count). The lowest BCUT2D eigenvalue weighted by atomic mass is 10.3. The first-order valence-corrected chi connectivity index (χ1v) is 8.34. The van der Waals surface area contributed by atoms with E-state index in [4.69, 9.17) is 4.42 Å². The molecule has 1 aliphatic rings. The molecule has 1 aromatic carbocycles. The number of oxazole rings is 1. The predicted molar refractivity (Wildman–Crippen MR) is 84.1 cm³/mol. The van der Waals surface area contributed by atoms with Crippen molar-refractivity contribution in [2.75, 3.05) is 36.8 Å². The Balaban J connectivity index is 0.00000161. The summed E-state index contributed by atoms with van der Waals surface area (Å²) < 4.78 is 29.5. The number of nitrogens with zero attached hydrogens (tertiary/aromatic N) is 2. The maximum absolute atomic E-state index is 11.9. The lowest BCUT2D eigenvalue weighted by Gasteiger charge is -2.25. The van der Waals surface area contributed by atoms with Crippen LogP contribution in [-0.2, 0) is 9.84 Å². The molecule has 2 aromatic rings. The van der Waals surface area contributed by atoms with Gasteiger partial charge in [-0.2, -0.15) is 4.98 Å². The molecule has 0 saturated carbocycles. The van der Waals surface area contributed by atoms with Crippen molar-refractivity contribution in [1.82, 2.24) is 10.3 Å². The topological polar surface area (TPSA) is 75.4 Å². The van der Waals surface area contributed by atoms with E-state index in [9.17, 15) is 8.42 Å². The quantitative estimate of drug-likeness (QED) is 0.917. The van der Waals surface area contributed by atoms with Gasteiger partial charge in [-0.1, -0.05) is 6.92 Å². The van der Waals surface area contributed by atoms with E-state index in [1.54, 1.807) is 25.1 Å². The number of nitrogens with one attached hydrogen (secondary N) is 1. The molecular formula is C13H18ClN3O3S. The van der Waals surface area contributed by atoms with Crippen LogP contribution < -0.4 is 10.2 Å². The fourth-order valence-electron chi connectivity index (χ4n) is 2.25. The number of aromatic nitrogens is 1. The number of benzene rings is 1. The molecule has 1 saturated heterocycles. The first-order chi connectivity index (χ1) is 9.60. The van der Waals surface area contributed by atoms with Crippen molar-refractivity contribution < 1.29 is 12.8 Å². The van der Waals surface area contributed by atoms with Gasteiger partial charge in [-0.15, -0.1) is 12.4 Å². The highest BCUT2D eigenvalue weighted by Crippen LogP contribution is 2.25. The molecule has 1 aliphatic heterocycles. The van der Waals surface area contributed by atoms with Gasteiger partial charge in [0, 0.05) is 26.2 Å². The number of rotatable bonds is 3. The Morgan fingerprint density at radius 1 is 1.33 bits per heavy atom. The maximum atomic E-state index is 11.9. The second-order valence-corrected chi connectivity index (χ2v) is 7.04. The highest BCUT2D eigenvalue weighted by atomic mass is 35.5. The predicted octanol–water partition coefficient (Wildman–Crippen LogP) is 1.45. The third-order valence-electron chi connectivity index (χ3n) is 3.47. The van der Waals surface area contributed by atoms with Gasteiger partial charge in [0.2, 0.25) is 0 Å². The largest absolute Gasteiger partial charge is 0.423 e. The molecule has 6 nitrogen and oxygen atoms in total. The van der Waals surface area contributed by atoms with Gasteiger partial charge < -0.3 is 14.6 Å². The van der Waals surface area contributed by atoms with E-state index in [1.165, 1.54) is 0 Å². The Hall–Kier alpha value is -1.31. The standard InChI is InChI=1S/C13H17N3O3S.ClH/c1-2-20(17,18)10-3-4-12-11(9-10)15-13(19-12)16-7-5-14-6-8-16;/h3-4,9,14H,2,5-8H2,1H3;1H. The Bertz CT molecular complexity index is 723. The number of sulfone groups is 1. The van der Waals surface area contributed by atoms with E-state index in [-0.39, 0.29) is 18.2 Å². The van der Waals surface area contributed by atoms with E-state index in [1.807, 2.05) is 0 Å². The summed E-state index contributed by atoms with van der Waals surface area (Å²) >= 11 is 0. The van der Waals surface area contributed by atoms with Gasteiger partial charge in [0.15, 0.2) is 15.4 Å². The molecule has 8 heteroatoms. The molecule has 1 fully saturated rings. The molecule has 2 heterocycles. The van der Waals surface area contributed by atoms with E-state index >= 15 is 0 Å². The molecule has 116 valence electrons. The van der Waals surface area contributed by atoms with Crippen LogP contribution in [-0.4, -0.2) is 45.3 Å². The highest BCUT2D eigenvalue weighted by Gasteiger charge is 2.18. The average Bonchev–Trinajstić information content (AvgIpc) is 2.91. The number of hydrogen-bond acceptors (Lipinski definition) is 6. The minimum absolute atomic E-state index is 0. The van der Waals surface area contributed by atoms with E-state index in [0.29, 0.717) is 22.0 Å². The average molecular weight is 332 g/mol. The molecule has 0 aliphatic carbocycles. The van der Waals surface area contributed by atoms with Crippen LogP contribution in [0.4, 0.5) is 6.01 Å².